The van der Waals surface area contributed by atoms with Crippen LogP contribution >= 0.6 is 11.6 Å². The quantitative estimate of drug-likeness (QED) is 0.864. The number of carbonyl (C=O) groups excluding carboxylic acids is 1. The molecule has 1 aromatic carbocycles. The predicted molar refractivity (Wildman–Crippen MR) is 74.0 cm³/mol. The molecule has 0 aliphatic heterocycles. The molecule has 0 radical (unpaired) electrons. The molecule has 2 N–H and O–H groups in total. The van der Waals surface area contributed by atoms with Crippen LogP contribution in [0.2, 0.25) is 5.02 Å². The smallest absolute Gasteiger partial charge is 0.251 e. The van der Waals surface area contributed by atoms with Crippen molar-refractivity contribution >= 4 is 17.5 Å². The van der Waals surface area contributed by atoms with Gasteiger partial charge in [0.15, 0.2) is 0 Å². The second-order valence-electron chi connectivity index (χ2n) is 4.86. The number of carbonyl (C=O) groups is 1. The zero-order valence-corrected chi connectivity index (χ0v) is 11.8. The van der Waals surface area contributed by atoms with Crippen molar-refractivity contribution in [3.8, 4) is 0 Å². The number of aliphatic hydroxyl groups is 1. The van der Waals surface area contributed by atoms with E-state index in [0.29, 0.717) is 23.6 Å². The summed E-state index contributed by atoms with van der Waals surface area (Å²) in [6.45, 7) is 6.19. The van der Waals surface area contributed by atoms with Gasteiger partial charge >= 0.3 is 0 Å². The van der Waals surface area contributed by atoms with Crippen LogP contribution in [0.3, 0.4) is 0 Å². The van der Waals surface area contributed by atoms with E-state index in [0.717, 1.165) is 5.56 Å². The van der Waals surface area contributed by atoms with Crippen LogP contribution in [0.15, 0.2) is 18.2 Å². The molecule has 1 rings (SSSR count). The highest BCUT2D eigenvalue weighted by atomic mass is 35.5. The zero-order chi connectivity index (χ0) is 13.7. The van der Waals surface area contributed by atoms with Crippen molar-refractivity contribution in [2.45, 2.75) is 33.3 Å². The summed E-state index contributed by atoms with van der Waals surface area (Å²) >= 11 is 5.98. The second kappa shape index (κ2) is 6.76. The minimum absolute atomic E-state index is 0.130. The van der Waals surface area contributed by atoms with Crippen LogP contribution in [0.1, 0.15) is 36.2 Å². The van der Waals surface area contributed by atoms with Crippen LogP contribution in [0.4, 0.5) is 0 Å². The third kappa shape index (κ3) is 4.67. The number of hydrogen-bond donors (Lipinski definition) is 2. The first-order valence-corrected chi connectivity index (χ1v) is 6.50. The molecule has 0 heterocycles. The van der Waals surface area contributed by atoms with Crippen molar-refractivity contribution in [2.24, 2.45) is 5.92 Å². The normalized spacial score (nSPS) is 14.1. The van der Waals surface area contributed by atoms with Crippen LogP contribution in [0.5, 0.6) is 0 Å². The van der Waals surface area contributed by atoms with E-state index in [9.17, 15) is 9.90 Å². The lowest BCUT2D eigenvalue weighted by molar-refractivity contribution is 0.0939. The van der Waals surface area contributed by atoms with E-state index in [1.807, 2.05) is 19.9 Å². The number of benzene rings is 1. The molecule has 3 nitrogen and oxygen atoms in total. The predicted octanol–water partition coefficient (Wildman–Crippen LogP) is 2.79. The van der Waals surface area contributed by atoms with Crippen molar-refractivity contribution in [2.75, 3.05) is 6.54 Å². The Morgan fingerprint density at radius 3 is 2.67 bits per heavy atom. The van der Waals surface area contributed by atoms with Gasteiger partial charge in [-0.15, -0.1) is 0 Å². The Morgan fingerprint density at radius 1 is 1.44 bits per heavy atom. The van der Waals surface area contributed by atoms with Crippen molar-refractivity contribution < 1.29 is 9.90 Å². The molecule has 2 atom stereocenters. The molecule has 0 aliphatic rings. The van der Waals surface area contributed by atoms with E-state index < -0.39 is 0 Å². The summed E-state index contributed by atoms with van der Waals surface area (Å²) in [5.74, 6) is 0.115. The monoisotopic (exact) mass is 269 g/mol. The van der Waals surface area contributed by atoms with E-state index in [2.05, 4.69) is 5.32 Å². The molecule has 0 bridgehead atoms. The highest BCUT2D eigenvalue weighted by Crippen LogP contribution is 2.16. The molecule has 0 spiro atoms. The fraction of sp³-hybridized carbons (Fsp3) is 0.500. The van der Waals surface area contributed by atoms with Gasteiger partial charge in [-0.1, -0.05) is 24.6 Å². The third-order valence-corrected chi connectivity index (χ3v) is 3.20. The van der Waals surface area contributed by atoms with Crippen molar-refractivity contribution in [1.29, 1.82) is 0 Å². The minimum atomic E-state index is -0.342. The average Bonchev–Trinajstić information content (AvgIpc) is 2.28. The van der Waals surface area contributed by atoms with Gasteiger partial charge in [0.2, 0.25) is 0 Å². The maximum Gasteiger partial charge on any atom is 0.251 e. The molecule has 100 valence electrons. The van der Waals surface area contributed by atoms with Crippen LogP contribution in [0, 0.1) is 12.8 Å². The van der Waals surface area contributed by atoms with E-state index in [4.69, 9.17) is 11.6 Å². The Balaban J connectivity index is 2.52. The number of aryl methyl sites for hydroxylation is 1. The maximum atomic E-state index is 11.9. The van der Waals surface area contributed by atoms with Crippen molar-refractivity contribution in [3.05, 3.63) is 34.3 Å². The lowest BCUT2D eigenvalue weighted by Crippen LogP contribution is -2.29. The average molecular weight is 270 g/mol. The topological polar surface area (TPSA) is 49.3 Å². The number of amides is 1. The molecular formula is C14H20ClNO2. The number of halogens is 1. The van der Waals surface area contributed by atoms with Crippen molar-refractivity contribution in [3.63, 3.8) is 0 Å². The number of hydrogen-bond acceptors (Lipinski definition) is 2. The molecule has 2 unspecified atom stereocenters. The Kier molecular flexibility index (Phi) is 5.63. The Labute approximate surface area is 113 Å². The van der Waals surface area contributed by atoms with Crippen LogP contribution in [-0.4, -0.2) is 23.7 Å². The summed E-state index contributed by atoms with van der Waals surface area (Å²) in [5.41, 5.74) is 1.52. The zero-order valence-electron chi connectivity index (χ0n) is 11.0. The van der Waals surface area contributed by atoms with Gasteiger partial charge in [0.05, 0.1) is 6.10 Å². The van der Waals surface area contributed by atoms with Crippen LogP contribution in [0.25, 0.3) is 0 Å². The number of aliphatic hydroxyl groups excluding tert-OH is 1. The Bertz CT molecular complexity index is 418. The highest BCUT2D eigenvalue weighted by molar-refractivity contribution is 6.31. The second-order valence-corrected chi connectivity index (χ2v) is 5.27. The highest BCUT2D eigenvalue weighted by Gasteiger charge is 2.10. The summed E-state index contributed by atoms with van der Waals surface area (Å²) in [7, 11) is 0. The van der Waals surface area contributed by atoms with E-state index >= 15 is 0 Å². The number of rotatable bonds is 5. The van der Waals surface area contributed by atoms with E-state index in [-0.39, 0.29) is 17.9 Å². The molecule has 0 saturated carbocycles. The SMILES string of the molecule is Cc1ccc(C(=O)NCC(C)CC(C)O)cc1Cl. The summed E-state index contributed by atoms with van der Waals surface area (Å²) in [6.07, 6.45) is 0.334. The summed E-state index contributed by atoms with van der Waals surface area (Å²) in [5, 5.41) is 12.7. The van der Waals surface area contributed by atoms with Gasteiger partial charge in [-0.2, -0.15) is 0 Å². The van der Waals surface area contributed by atoms with Crippen LogP contribution < -0.4 is 5.32 Å². The summed E-state index contributed by atoms with van der Waals surface area (Å²) in [4.78, 5) is 11.9. The fourth-order valence-electron chi connectivity index (χ4n) is 1.77. The largest absolute Gasteiger partial charge is 0.393 e. The van der Waals surface area contributed by atoms with Gasteiger partial charge in [0, 0.05) is 17.1 Å². The van der Waals surface area contributed by atoms with Gasteiger partial charge in [0.25, 0.3) is 5.91 Å². The Hall–Kier alpha value is -1.06. The van der Waals surface area contributed by atoms with Crippen LogP contribution in [-0.2, 0) is 0 Å². The van der Waals surface area contributed by atoms with Crippen molar-refractivity contribution in [1.82, 2.24) is 5.32 Å². The first-order chi connectivity index (χ1) is 8.40. The first-order valence-electron chi connectivity index (χ1n) is 6.12. The number of nitrogens with one attached hydrogen (secondary N) is 1. The summed E-state index contributed by atoms with van der Waals surface area (Å²) < 4.78 is 0. The molecule has 0 saturated heterocycles. The van der Waals surface area contributed by atoms with E-state index in [1.54, 1.807) is 19.1 Å². The van der Waals surface area contributed by atoms with Gasteiger partial charge in [-0.25, -0.2) is 0 Å². The van der Waals surface area contributed by atoms with Gasteiger partial charge in [0.1, 0.15) is 0 Å². The first kappa shape index (κ1) is 15.0. The van der Waals surface area contributed by atoms with E-state index in [1.165, 1.54) is 0 Å². The minimum Gasteiger partial charge on any atom is -0.393 e. The third-order valence-electron chi connectivity index (χ3n) is 2.79. The Morgan fingerprint density at radius 2 is 2.11 bits per heavy atom. The molecule has 0 aromatic heterocycles. The lowest BCUT2D eigenvalue weighted by atomic mass is 10.0. The van der Waals surface area contributed by atoms with Gasteiger partial charge in [-0.3, -0.25) is 4.79 Å². The molecule has 18 heavy (non-hydrogen) atoms. The summed E-state index contributed by atoms with van der Waals surface area (Å²) in [6, 6.07) is 5.26. The molecule has 1 aromatic rings. The van der Waals surface area contributed by atoms with Gasteiger partial charge < -0.3 is 10.4 Å². The molecule has 1 amide bonds. The fourth-order valence-corrected chi connectivity index (χ4v) is 1.95. The van der Waals surface area contributed by atoms with Gasteiger partial charge in [-0.05, 0) is 43.9 Å². The molecule has 0 aliphatic carbocycles. The maximum absolute atomic E-state index is 11.9. The lowest BCUT2D eigenvalue weighted by Gasteiger charge is -2.14. The standard InChI is InChI=1S/C14H20ClNO2/c1-9(6-11(3)17)8-16-14(18)12-5-4-10(2)13(15)7-12/h4-5,7,9,11,17H,6,8H2,1-3H3,(H,16,18). The molecule has 4 heteroatoms. The molecule has 0 fully saturated rings. The molecular weight excluding hydrogens is 250 g/mol.